The highest BCUT2D eigenvalue weighted by Gasteiger charge is 2.07. The second kappa shape index (κ2) is 3.49. The summed E-state index contributed by atoms with van der Waals surface area (Å²) in [6, 6.07) is 0. The minimum absolute atomic E-state index is 0.237. The third-order valence-electron chi connectivity index (χ3n) is 1.88. The Kier molecular flexibility index (Phi) is 2.60. The van der Waals surface area contributed by atoms with Crippen LogP contribution in [0.25, 0.3) is 0 Å². The van der Waals surface area contributed by atoms with E-state index in [1.165, 1.54) is 0 Å². The molecular formula is C9H14N2. The molecule has 0 aromatic heterocycles. The van der Waals surface area contributed by atoms with Gasteiger partial charge in [-0.25, -0.2) is 0 Å². The summed E-state index contributed by atoms with van der Waals surface area (Å²) in [4.78, 5) is 3.75. The predicted octanol–water partition coefficient (Wildman–Crippen LogP) is 1.49. The molecule has 0 amide bonds. The van der Waals surface area contributed by atoms with Gasteiger partial charge in [-0.15, -0.1) is 0 Å². The highest BCUT2D eigenvalue weighted by atomic mass is 14.9. The maximum atomic E-state index is 5.64. The fourth-order valence-electron chi connectivity index (χ4n) is 1.07. The largest absolute Gasteiger partial charge is 0.306 e. The van der Waals surface area contributed by atoms with E-state index in [0.29, 0.717) is 5.92 Å². The Bertz CT molecular complexity index is 204. The van der Waals surface area contributed by atoms with Gasteiger partial charge in [-0.05, 0) is 24.6 Å². The molecule has 1 aliphatic carbocycles. The molecule has 0 saturated heterocycles. The van der Waals surface area contributed by atoms with Crippen LogP contribution in [0.2, 0.25) is 0 Å². The standard InChI is InChI=1S/C9H14N2/c1-7-3-5-8(6-4-7)9(10)11-2/h3,5-7,9H,2,4,10H2,1H3. The lowest BCUT2D eigenvalue weighted by atomic mass is 9.97. The van der Waals surface area contributed by atoms with Gasteiger partial charge in [0.2, 0.25) is 0 Å². The van der Waals surface area contributed by atoms with Crippen LogP contribution in [-0.2, 0) is 0 Å². The van der Waals surface area contributed by atoms with E-state index in [4.69, 9.17) is 5.73 Å². The average molecular weight is 150 g/mol. The normalized spacial score (nSPS) is 26.0. The molecule has 2 atom stereocenters. The number of aliphatic imine (C=N–C) groups is 1. The van der Waals surface area contributed by atoms with Crippen molar-refractivity contribution < 1.29 is 0 Å². The zero-order chi connectivity index (χ0) is 8.27. The van der Waals surface area contributed by atoms with Gasteiger partial charge in [-0.2, -0.15) is 0 Å². The fourth-order valence-corrected chi connectivity index (χ4v) is 1.07. The van der Waals surface area contributed by atoms with Gasteiger partial charge in [0, 0.05) is 0 Å². The summed E-state index contributed by atoms with van der Waals surface area (Å²) < 4.78 is 0. The first-order chi connectivity index (χ1) is 5.24. The van der Waals surface area contributed by atoms with Crippen LogP contribution in [-0.4, -0.2) is 12.9 Å². The van der Waals surface area contributed by atoms with E-state index in [9.17, 15) is 0 Å². The highest BCUT2D eigenvalue weighted by molar-refractivity contribution is 5.32. The number of hydrogen-bond donors (Lipinski definition) is 1. The fraction of sp³-hybridized carbons (Fsp3) is 0.444. The molecule has 2 unspecified atom stereocenters. The third kappa shape index (κ3) is 2.02. The van der Waals surface area contributed by atoms with Gasteiger partial charge in [0.05, 0.1) is 0 Å². The molecular weight excluding hydrogens is 136 g/mol. The van der Waals surface area contributed by atoms with Crippen LogP contribution in [0.4, 0.5) is 0 Å². The smallest absolute Gasteiger partial charge is 0.122 e. The minimum atomic E-state index is -0.237. The monoisotopic (exact) mass is 150 g/mol. The van der Waals surface area contributed by atoms with Crippen molar-refractivity contribution in [3.63, 3.8) is 0 Å². The van der Waals surface area contributed by atoms with E-state index < -0.39 is 0 Å². The molecule has 2 nitrogen and oxygen atoms in total. The van der Waals surface area contributed by atoms with Crippen molar-refractivity contribution in [3.05, 3.63) is 23.8 Å². The van der Waals surface area contributed by atoms with E-state index in [1.807, 2.05) is 6.08 Å². The first kappa shape index (κ1) is 8.21. The Morgan fingerprint density at radius 2 is 2.55 bits per heavy atom. The summed E-state index contributed by atoms with van der Waals surface area (Å²) in [5.74, 6) is 0.635. The number of allylic oxidation sites excluding steroid dienone is 2. The SMILES string of the molecule is C=NC(N)C1=CCC(C)C=C1. The lowest BCUT2D eigenvalue weighted by Crippen LogP contribution is -2.19. The zero-order valence-corrected chi connectivity index (χ0v) is 6.83. The summed E-state index contributed by atoms with van der Waals surface area (Å²) in [5, 5.41) is 0. The molecule has 0 saturated carbocycles. The molecule has 0 spiro atoms. The maximum Gasteiger partial charge on any atom is 0.122 e. The van der Waals surface area contributed by atoms with Gasteiger partial charge >= 0.3 is 0 Å². The lowest BCUT2D eigenvalue weighted by Gasteiger charge is -2.13. The van der Waals surface area contributed by atoms with E-state index in [0.717, 1.165) is 12.0 Å². The molecule has 0 bridgehead atoms. The minimum Gasteiger partial charge on any atom is -0.306 e. The van der Waals surface area contributed by atoms with Crippen molar-refractivity contribution in [2.75, 3.05) is 0 Å². The molecule has 0 aliphatic heterocycles. The Morgan fingerprint density at radius 3 is 3.00 bits per heavy atom. The molecule has 2 heteroatoms. The Hall–Kier alpha value is -0.890. The van der Waals surface area contributed by atoms with Gasteiger partial charge < -0.3 is 5.73 Å². The highest BCUT2D eigenvalue weighted by Crippen LogP contribution is 2.17. The van der Waals surface area contributed by atoms with E-state index in [-0.39, 0.29) is 6.17 Å². The summed E-state index contributed by atoms with van der Waals surface area (Å²) in [6.45, 7) is 5.58. The predicted molar refractivity (Wildman–Crippen MR) is 48.5 cm³/mol. The molecule has 11 heavy (non-hydrogen) atoms. The number of rotatable bonds is 2. The van der Waals surface area contributed by atoms with Gasteiger partial charge in [0.15, 0.2) is 0 Å². The number of nitrogens with two attached hydrogens (primary N) is 1. The molecule has 0 aromatic rings. The summed E-state index contributed by atoms with van der Waals surface area (Å²) in [7, 11) is 0. The first-order valence-corrected chi connectivity index (χ1v) is 3.83. The molecule has 0 fully saturated rings. The molecule has 1 rings (SSSR count). The summed E-state index contributed by atoms with van der Waals surface area (Å²) in [5.41, 5.74) is 6.73. The van der Waals surface area contributed by atoms with Crippen LogP contribution in [0.1, 0.15) is 13.3 Å². The summed E-state index contributed by atoms with van der Waals surface area (Å²) >= 11 is 0. The van der Waals surface area contributed by atoms with Crippen LogP contribution >= 0.6 is 0 Å². The van der Waals surface area contributed by atoms with Gasteiger partial charge in [0.25, 0.3) is 0 Å². The van der Waals surface area contributed by atoms with Crippen molar-refractivity contribution in [2.45, 2.75) is 19.5 Å². The molecule has 0 aromatic carbocycles. The van der Waals surface area contributed by atoms with Crippen molar-refractivity contribution >= 4 is 6.72 Å². The molecule has 2 N–H and O–H groups in total. The Balaban J connectivity index is 2.62. The van der Waals surface area contributed by atoms with Crippen molar-refractivity contribution in [2.24, 2.45) is 16.6 Å². The van der Waals surface area contributed by atoms with Crippen molar-refractivity contribution in [1.29, 1.82) is 0 Å². The van der Waals surface area contributed by atoms with E-state index in [2.05, 4.69) is 30.8 Å². The Labute approximate surface area is 67.5 Å². The second-order valence-electron chi connectivity index (χ2n) is 2.90. The topological polar surface area (TPSA) is 38.4 Å². The average Bonchev–Trinajstić information content (AvgIpc) is 2.05. The number of nitrogens with zero attached hydrogens (tertiary/aromatic N) is 1. The summed E-state index contributed by atoms with van der Waals surface area (Å²) in [6.07, 6.45) is 7.14. The zero-order valence-electron chi connectivity index (χ0n) is 6.83. The lowest BCUT2D eigenvalue weighted by molar-refractivity contribution is 0.712. The third-order valence-corrected chi connectivity index (χ3v) is 1.88. The maximum absolute atomic E-state index is 5.64. The molecule has 0 heterocycles. The van der Waals surface area contributed by atoms with E-state index in [1.54, 1.807) is 0 Å². The van der Waals surface area contributed by atoms with Crippen molar-refractivity contribution in [3.8, 4) is 0 Å². The molecule has 1 aliphatic rings. The van der Waals surface area contributed by atoms with Crippen molar-refractivity contribution in [1.82, 2.24) is 0 Å². The van der Waals surface area contributed by atoms with E-state index >= 15 is 0 Å². The van der Waals surface area contributed by atoms with Crippen LogP contribution in [0.15, 0.2) is 28.8 Å². The van der Waals surface area contributed by atoms with Gasteiger partial charge in [0.1, 0.15) is 6.17 Å². The van der Waals surface area contributed by atoms with Gasteiger partial charge in [-0.1, -0.05) is 25.2 Å². The second-order valence-corrected chi connectivity index (χ2v) is 2.90. The van der Waals surface area contributed by atoms with Crippen LogP contribution < -0.4 is 5.73 Å². The number of hydrogen-bond acceptors (Lipinski definition) is 2. The first-order valence-electron chi connectivity index (χ1n) is 3.83. The van der Waals surface area contributed by atoms with Crippen LogP contribution in [0.5, 0.6) is 0 Å². The Morgan fingerprint density at radius 1 is 1.82 bits per heavy atom. The van der Waals surface area contributed by atoms with Gasteiger partial charge in [-0.3, -0.25) is 4.99 Å². The molecule has 60 valence electrons. The van der Waals surface area contributed by atoms with Crippen LogP contribution in [0.3, 0.4) is 0 Å². The van der Waals surface area contributed by atoms with Crippen LogP contribution in [0, 0.1) is 5.92 Å². The molecule has 0 radical (unpaired) electrons. The quantitative estimate of drug-likeness (QED) is 0.595.